The van der Waals surface area contributed by atoms with Gasteiger partial charge in [-0.2, -0.15) is 0 Å². The molecule has 0 saturated carbocycles. The van der Waals surface area contributed by atoms with Crippen molar-refractivity contribution in [3.05, 3.63) is 84.7 Å². The Morgan fingerprint density at radius 2 is 1.65 bits per heavy atom. The lowest BCUT2D eigenvalue weighted by molar-refractivity contribution is 0.153. The number of hydrogen-bond donors (Lipinski definition) is 1. The number of aromatic nitrogens is 1. The van der Waals surface area contributed by atoms with E-state index in [9.17, 15) is 0 Å². The molecule has 128 valence electrons. The molecule has 5 rings (SSSR count). The van der Waals surface area contributed by atoms with Gasteiger partial charge in [-0.3, -0.25) is 9.88 Å². The van der Waals surface area contributed by atoms with E-state index in [4.69, 9.17) is 0 Å². The Balaban J connectivity index is 1.21. The molecule has 3 nitrogen and oxygen atoms in total. The van der Waals surface area contributed by atoms with E-state index in [0.717, 1.165) is 19.6 Å². The second-order valence-corrected chi connectivity index (χ2v) is 7.15. The fourth-order valence-corrected chi connectivity index (χ4v) is 3.79. The number of benzene rings is 3. The van der Waals surface area contributed by atoms with Gasteiger partial charge in [0.2, 0.25) is 0 Å². The van der Waals surface area contributed by atoms with Gasteiger partial charge >= 0.3 is 0 Å². The first kappa shape index (κ1) is 15.4. The molecule has 0 bridgehead atoms. The van der Waals surface area contributed by atoms with E-state index in [1.807, 2.05) is 12.4 Å². The SMILES string of the molecule is c1ccc2cc(CN3CC(Nc4ccc5cnccc5c4)C3)ccc2c1. The highest BCUT2D eigenvalue weighted by molar-refractivity contribution is 5.85. The molecule has 4 aromatic rings. The normalized spacial score (nSPS) is 15.2. The molecule has 0 radical (unpaired) electrons. The van der Waals surface area contributed by atoms with Crippen molar-refractivity contribution < 1.29 is 0 Å². The molecular formula is C23H21N3. The minimum Gasteiger partial charge on any atom is -0.380 e. The van der Waals surface area contributed by atoms with E-state index < -0.39 is 0 Å². The highest BCUT2D eigenvalue weighted by Gasteiger charge is 2.26. The number of likely N-dealkylation sites (tertiary alicyclic amines) is 1. The van der Waals surface area contributed by atoms with Crippen molar-refractivity contribution in [2.45, 2.75) is 12.6 Å². The maximum atomic E-state index is 4.17. The van der Waals surface area contributed by atoms with Crippen LogP contribution >= 0.6 is 0 Å². The van der Waals surface area contributed by atoms with Crippen molar-refractivity contribution in [2.24, 2.45) is 0 Å². The monoisotopic (exact) mass is 339 g/mol. The molecule has 0 spiro atoms. The third-order valence-corrected chi connectivity index (χ3v) is 5.19. The summed E-state index contributed by atoms with van der Waals surface area (Å²) < 4.78 is 0. The highest BCUT2D eigenvalue weighted by atomic mass is 15.2. The first-order chi connectivity index (χ1) is 12.8. The third-order valence-electron chi connectivity index (χ3n) is 5.19. The second kappa shape index (κ2) is 6.43. The number of hydrogen-bond acceptors (Lipinski definition) is 3. The van der Waals surface area contributed by atoms with Crippen LogP contribution in [0.1, 0.15) is 5.56 Å². The molecule has 1 N–H and O–H groups in total. The van der Waals surface area contributed by atoms with Crippen LogP contribution in [-0.2, 0) is 6.54 Å². The van der Waals surface area contributed by atoms with Gasteiger partial charge in [-0.1, -0.05) is 42.5 Å². The summed E-state index contributed by atoms with van der Waals surface area (Å²) in [6.45, 7) is 3.19. The summed E-state index contributed by atoms with van der Waals surface area (Å²) in [6.07, 6.45) is 3.76. The van der Waals surface area contributed by atoms with E-state index in [0.29, 0.717) is 6.04 Å². The smallest absolute Gasteiger partial charge is 0.0515 e. The Morgan fingerprint density at radius 3 is 2.58 bits per heavy atom. The van der Waals surface area contributed by atoms with Gasteiger partial charge in [0.25, 0.3) is 0 Å². The van der Waals surface area contributed by atoms with Gasteiger partial charge in [-0.25, -0.2) is 0 Å². The van der Waals surface area contributed by atoms with E-state index in [1.54, 1.807) is 0 Å². The van der Waals surface area contributed by atoms with Crippen molar-refractivity contribution in [1.82, 2.24) is 9.88 Å². The largest absolute Gasteiger partial charge is 0.380 e. The van der Waals surface area contributed by atoms with Crippen molar-refractivity contribution in [3.63, 3.8) is 0 Å². The molecule has 1 aliphatic heterocycles. The number of rotatable bonds is 4. The van der Waals surface area contributed by atoms with Crippen molar-refractivity contribution in [2.75, 3.05) is 18.4 Å². The molecule has 1 aliphatic rings. The number of nitrogens with zero attached hydrogens (tertiary/aromatic N) is 2. The van der Waals surface area contributed by atoms with Crippen LogP contribution in [0, 0.1) is 0 Å². The zero-order valence-corrected chi connectivity index (χ0v) is 14.6. The maximum absolute atomic E-state index is 4.17. The summed E-state index contributed by atoms with van der Waals surface area (Å²) in [5.74, 6) is 0. The molecule has 3 aromatic carbocycles. The van der Waals surface area contributed by atoms with Gasteiger partial charge in [0, 0.05) is 43.1 Å². The van der Waals surface area contributed by atoms with Crippen LogP contribution < -0.4 is 5.32 Å². The number of fused-ring (bicyclic) bond motifs is 2. The van der Waals surface area contributed by atoms with Crippen LogP contribution in [0.15, 0.2) is 79.1 Å². The van der Waals surface area contributed by atoms with Gasteiger partial charge in [-0.05, 0) is 46.0 Å². The first-order valence-corrected chi connectivity index (χ1v) is 9.14. The zero-order chi connectivity index (χ0) is 17.3. The summed E-state index contributed by atoms with van der Waals surface area (Å²) in [4.78, 5) is 6.67. The molecular weight excluding hydrogens is 318 g/mol. The van der Waals surface area contributed by atoms with Gasteiger partial charge in [0.1, 0.15) is 0 Å². The molecule has 1 fully saturated rings. The minimum atomic E-state index is 0.523. The standard InChI is InChI=1S/C23H21N3/c1-2-4-19-11-17(5-6-18(19)3-1)14-26-15-23(16-26)25-22-8-7-21-13-24-10-9-20(21)12-22/h1-13,23,25H,14-16H2. The topological polar surface area (TPSA) is 28.2 Å². The van der Waals surface area contributed by atoms with Gasteiger partial charge in [0.15, 0.2) is 0 Å². The van der Waals surface area contributed by atoms with Crippen LogP contribution in [0.5, 0.6) is 0 Å². The molecule has 3 heteroatoms. The highest BCUT2D eigenvalue weighted by Crippen LogP contribution is 2.23. The molecule has 0 aliphatic carbocycles. The average molecular weight is 339 g/mol. The molecule has 1 aromatic heterocycles. The lowest BCUT2D eigenvalue weighted by atomic mass is 10.0. The van der Waals surface area contributed by atoms with Gasteiger partial charge in [-0.15, -0.1) is 0 Å². The maximum Gasteiger partial charge on any atom is 0.0515 e. The van der Waals surface area contributed by atoms with Gasteiger partial charge in [0.05, 0.1) is 6.04 Å². The quantitative estimate of drug-likeness (QED) is 0.585. The van der Waals surface area contributed by atoms with Gasteiger partial charge < -0.3 is 5.32 Å². The van der Waals surface area contributed by atoms with E-state index in [-0.39, 0.29) is 0 Å². The summed E-state index contributed by atoms with van der Waals surface area (Å²) >= 11 is 0. The van der Waals surface area contributed by atoms with Crippen LogP contribution in [0.4, 0.5) is 5.69 Å². The Hall–Kier alpha value is -2.91. The van der Waals surface area contributed by atoms with Crippen molar-refractivity contribution >= 4 is 27.2 Å². The number of pyridine rings is 1. The molecule has 26 heavy (non-hydrogen) atoms. The second-order valence-electron chi connectivity index (χ2n) is 7.15. The summed E-state index contributed by atoms with van der Waals surface area (Å²) in [5.41, 5.74) is 2.58. The lowest BCUT2D eigenvalue weighted by Gasteiger charge is -2.40. The molecule has 0 amide bonds. The predicted octanol–water partition coefficient (Wildman–Crippen LogP) is 4.68. The molecule has 0 atom stereocenters. The Labute approximate surface area is 153 Å². The van der Waals surface area contributed by atoms with Crippen LogP contribution in [0.25, 0.3) is 21.5 Å². The molecule has 2 heterocycles. The Bertz CT molecular complexity index is 982. The summed E-state index contributed by atoms with van der Waals surface area (Å²) in [5, 5.41) is 8.71. The summed E-state index contributed by atoms with van der Waals surface area (Å²) in [7, 11) is 0. The first-order valence-electron chi connectivity index (χ1n) is 9.14. The minimum absolute atomic E-state index is 0.523. The van der Waals surface area contributed by atoms with E-state index >= 15 is 0 Å². The molecule has 1 saturated heterocycles. The number of nitrogens with one attached hydrogen (secondary N) is 1. The Kier molecular flexibility index (Phi) is 3.80. The average Bonchev–Trinajstić information content (AvgIpc) is 2.66. The van der Waals surface area contributed by atoms with E-state index in [2.05, 4.69) is 81.9 Å². The number of anilines is 1. The van der Waals surface area contributed by atoms with Crippen LogP contribution in [-0.4, -0.2) is 29.0 Å². The third kappa shape index (κ3) is 3.02. The fraction of sp³-hybridized carbons (Fsp3) is 0.174. The lowest BCUT2D eigenvalue weighted by Crippen LogP contribution is -2.53. The van der Waals surface area contributed by atoms with Crippen LogP contribution in [0.2, 0.25) is 0 Å². The van der Waals surface area contributed by atoms with Crippen molar-refractivity contribution in [1.29, 1.82) is 0 Å². The predicted molar refractivity (Wildman–Crippen MR) is 108 cm³/mol. The van der Waals surface area contributed by atoms with Crippen LogP contribution in [0.3, 0.4) is 0 Å². The zero-order valence-electron chi connectivity index (χ0n) is 14.6. The fourth-order valence-electron chi connectivity index (χ4n) is 3.79. The Morgan fingerprint density at radius 1 is 0.846 bits per heavy atom. The summed E-state index contributed by atoms with van der Waals surface area (Å²) in [6, 6.07) is 24.4. The molecule has 0 unspecified atom stereocenters. The van der Waals surface area contributed by atoms with E-state index in [1.165, 1.54) is 32.8 Å². The van der Waals surface area contributed by atoms with Crippen molar-refractivity contribution in [3.8, 4) is 0 Å².